The Bertz CT molecular complexity index is 1200. The molecule has 0 aromatic heterocycles. The predicted octanol–water partition coefficient (Wildman–Crippen LogP) is 4.20. The van der Waals surface area contributed by atoms with Crippen LogP contribution in [0, 0.1) is 6.92 Å². The molecule has 35 heavy (non-hydrogen) atoms. The number of rotatable bonds is 7. The molecule has 1 aliphatic heterocycles. The van der Waals surface area contributed by atoms with Crippen molar-refractivity contribution in [2.45, 2.75) is 76.2 Å². The molecular formula is C27H35N3O4S. The Kier molecular flexibility index (Phi) is 7.91. The number of hydrogen-bond acceptors (Lipinski definition) is 5. The number of sulfonamides is 1. The highest BCUT2D eigenvalue weighted by Crippen LogP contribution is 2.36. The first-order valence-corrected chi connectivity index (χ1v) is 14.1. The van der Waals surface area contributed by atoms with Crippen LogP contribution in [0.5, 0.6) is 0 Å². The minimum atomic E-state index is -4.02. The summed E-state index contributed by atoms with van der Waals surface area (Å²) in [7, 11) is -4.02. The Morgan fingerprint density at radius 1 is 1.03 bits per heavy atom. The molecule has 8 heteroatoms. The first kappa shape index (κ1) is 25.4. The second-order valence-electron chi connectivity index (χ2n) is 9.47. The van der Waals surface area contributed by atoms with E-state index < -0.39 is 10.0 Å². The molecule has 0 atom stereocenters. The third-order valence-corrected chi connectivity index (χ3v) is 8.97. The molecule has 2 N–H and O–H groups in total. The van der Waals surface area contributed by atoms with Gasteiger partial charge in [-0.25, -0.2) is 12.7 Å². The lowest BCUT2D eigenvalue weighted by atomic mass is 9.90. The standard InChI is InChI=1S/C27H35N3O4S/c1-3-8-26(31)30(20-15-17-28-18-16-20)35(33,34)25-14-13-24(22-11-6-7-12-23(22)25)29-27(32)21-10-5-4-9-19(21)2/h4-5,9-10,13-14,20,28H,3,6-8,11-12,15-18H2,1-2H3,(H,29,32). The van der Waals surface area contributed by atoms with E-state index in [4.69, 9.17) is 0 Å². The molecule has 0 unspecified atom stereocenters. The Morgan fingerprint density at radius 2 is 1.71 bits per heavy atom. The van der Waals surface area contributed by atoms with E-state index >= 15 is 0 Å². The third kappa shape index (κ3) is 5.28. The summed E-state index contributed by atoms with van der Waals surface area (Å²) in [5.41, 5.74) is 3.73. The van der Waals surface area contributed by atoms with Crippen LogP contribution in [0.3, 0.4) is 0 Å². The number of aryl methyl sites for hydroxylation is 1. The molecule has 7 nitrogen and oxygen atoms in total. The van der Waals surface area contributed by atoms with Gasteiger partial charge in [0, 0.05) is 17.7 Å². The zero-order valence-electron chi connectivity index (χ0n) is 20.6. The van der Waals surface area contributed by atoms with E-state index in [1.54, 1.807) is 18.2 Å². The van der Waals surface area contributed by atoms with Crippen molar-refractivity contribution in [1.29, 1.82) is 0 Å². The molecule has 2 aromatic carbocycles. The Hall–Kier alpha value is -2.71. The summed E-state index contributed by atoms with van der Waals surface area (Å²) in [6.07, 6.45) is 5.13. The lowest BCUT2D eigenvalue weighted by Gasteiger charge is -2.35. The molecular weight excluding hydrogens is 462 g/mol. The van der Waals surface area contributed by atoms with Gasteiger partial charge >= 0.3 is 0 Å². The fraction of sp³-hybridized carbons (Fsp3) is 0.481. The van der Waals surface area contributed by atoms with Crippen LogP contribution >= 0.6 is 0 Å². The van der Waals surface area contributed by atoms with E-state index in [1.807, 2.05) is 32.0 Å². The van der Waals surface area contributed by atoms with Crippen LogP contribution in [0.1, 0.15) is 72.5 Å². The van der Waals surface area contributed by atoms with E-state index in [0.717, 1.165) is 29.5 Å². The van der Waals surface area contributed by atoms with Gasteiger partial charge in [0.2, 0.25) is 5.91 Å². The summed E-state index contributed by atoms with van der Waals surface area (Å²) < 4.78 is 29.2. The minimum absolute atomic E-state index is 0.204. The van der Waals surface area contributed by atoms with Crippen molar-refractivity contribution in [3.8, 4) is 0 Å². The molecule has 0 spiro atoms. The highest BCUT2D eigenvalue weighted by Gasteiger charge is 2.38. The molecule has 0 bridgehead atoms. The Labute approximate surface area is 208 Å². The fourth-order valence-electron chi connectivity index (χ4n) is 5.22. The number of hydrogen-bond donors (Lipinski definition) is 2. The lowest BCUT2D eigenvalue weighted by Crippen LogP contribution is -2.49. The van der Waals surface area contributed by atoms with E-state index in [0.29, 0.717) is 56.4 Å². The van der Waals surface area contributed by atoms with Crippen molar-refractivity contribution in [2.24, 2.45) is 0 Å². The van der Waals surface area contributed by atoms with Crippen molar-refractivity contribution in [3.63, 3.8) is 0 Å². The summed E-state index contributed by atoms with van der Waals surface area (Å²) >= 11 is 0. The van der Waals surface area contributed by atoms with E-state index in [2.05, 4.69) is 10.6 Å². The summed E-state index contributed by atoms with van der Waals surface area (Å²) in [6.45, 7) is 5.16. The van der Waals surface area contributed by atoms with Gasteiger partial charge in [0.05, 0.1) is 10.9 Å². The van der Waals surface area contributed by atoms with Crippen LogP contribution < -0.4 is 10.6 Å². The van der Waals surface area contributed by atoms with Crippen molar-refractivity contribution >= 4 is 27.5 Å². The molecule has 4 rings (SSSR count). The maximum Gasteiger partial charge on any atom is 0.267 e. The van der Waals surface area contributed by atoms with Crippen LogP contribution in [-0.4, -0.2) is 43.7 Å². The average Bonchev–Trinajstić information content (AvgIpc) is 2.85. The Morgan fingerprint density at radius 3 is 2.40 bits per heavy atom. The van der Waals surface area contributed by atoms with Crippen LogP contribution in [0.4, 0.5) is 5.69 Å². The molecule has 2 aliphatic rings. The van der Waals surface area contributed by atoms with Gasteiger partial charge in [-0.3, -0.25) is 9.59 Å². The first-order valence-electron chi connectivity index (χ1n) is 12.6. The summed E-state index contributed by atoms with van der Waals surface area (Å²) in [5, 5.41) is 6.27. The monoisotopic (exact) mass is 497 g/mol. The number of fused-ring (bicyclic) bond motifs is 1. The second kappa shape index (κ2) is 10.9. The summed E-state index contributed by atoms with van der Waals surface area (Å²) in [4.78, 5) is 26.3. The van der Waals surface area contributed by atoms with Gasteiger partial charge in [0.1, 0.15) is 0 Å². The smallest absolute Gasteiger partial charge is 0.267 e. The van der Waals surface area contributed by atoms with Crippen molar-refractivity contribution in [3.05, 3.63) is 58.7 Å². The van der Waals surface area contributed by atoms with Crippen LogP contribution in [0.2, 0.25) is 0 Å². The van der Waals surface area contributed by atoms with E-state index in [9.17, 15) is 18.0 Å². The van der Waals surface area contributed by atoms with Gasteiger partial charge in [-0.15, -0.1) is 0 Å². The SMILES string of the molecule is CCCC(=O)N(C1CCNCC1)S(=O)(=O)c1ccc(NC(=O)c2ccccc2C)c2c1CCCC2. The van der Waals surface area contributed by atoms with Crippen molar-refractivity contribution in [1.82, 2.24) is 9.62 Å². The molecule has 1 fully saturated rings. The highest BCUT2D eigenvalue weighted by molar-refractivity contribution is 7.89. The molecule has 2 amide bonds. The molecule has 0 radical (unpaired) electrons. The van der Waals surface area contributed by atoms with E-state index in [1.165, 1.54) is 4.31 Å². The molecule has 0 saturated carbocycles. The number of carbonyl (C=O) groups excluding carboxylic acids is 2. The molecule has 1 saturated heterocycles. The van der Waals surface area contributed by atoms with Gasteiger partial charge in [0.15, 0.2) is 0 Å². The van der Waals surface area contributed by atoms with Gasteiger partial charge in [-0.05, 0) is 99.8 Å². The summed E-state index contributed by atoms with van der Waals surface area (Å²) in [5.74, 6) is -0.540. The lowest BCUT2D eigenvalue weighted by molar-refractivity contribution is -0.128. The summed E-state index contributed by atoms with van der Waals surface area (Å²) in [6, 6.07) is 10.3. The van der Waals surface area contributed by atoms with Crippen molar-refractivity contribution < 1.29 is 18.0 Å². The maximum absolute atomic E-state index is 14.0. The predicted molar refractivity (Wildman–Crippen MR) is 137 cm³/mol. The second-order valence-corrected chi connectivity index (χ2v) is 11.3. The van der Waals surface area contributed by atoms with Crippen LogP contribution in [-0.2, 0) is 27.7 Å². The molecule has 1 heterocycles. The van der Waals surface area contributed by atoms with Crippen LogP contribution in [0.15, 0.2) is 41.3 Å². The number of nitrogens with one attached hydrogen (secondary N) is 2. The minimum Gasteiger partial charge on any atom is -0.322 e. The fourth-order valence-corrected chi connectivity index (χ4v) is 7.17. The van der Waals surface area contributed by atoms with E-state index in [-0.39, 0.29) is 29.2 Å². The maximum atomic E-state index is 14.0. The number of anilines is 1. The van der Waals surface area contributed by atoms with Crippen molar-refractivity contribution in [2.75, 3.05) is 18.4 Å². The van der Waals surface area contributed by atoms with Gasteiger partial charge in [-0.1, -0.05) is 25.1 Å². The zero-order valence-corrected chi connectivity index (χ0v) is 21.4. The normalized spacial score (nSPS) is 16.4. The third-order valence-electron chi connectivity index (χ3n) is 7.02. The topological polar surface area (TPSA) is 95.6 Å². The zero-order chi connectivity index (χ0) is 25.0. The number of nitrogens with zero attached hydrogens (tertiary/aromatic N) is 1. The highest BCUT2D eigenvalue weighted by atomic mass is 32.2. The largest absolute Gasteiger partial charge is 0.322 e. The van der Waals surface area contributed by atoms with Gasteiger partial charge in [0.25, 0.3) is 15.9 Å². The van der Waals surface area contributed by atoms with Gasteiger partial charge in [-0.2, -0.15) is 0 Å². The number of carbonyl (C=O) groups is 2. The first-order chi connectivity index (χ1) is 16.8. The molecule has 188 valence electrons. The molecule has 1 aliphatic carbocycles. The molecule has 2 aromatic rings. The quantitative estimate of drug-likeness (QED) is 0.598. The average molecular weight is 498 g/mol. The van der Waals surface area contributed by atoms with Gasteiger partial charge < -0.3 is 10.6 Å². The number of amides is 2. The number of benzene rings is 2. The number of piperidine rings is 1. The van der Waals surface area contributed by atoms with Crippen LogP contribution in [0.25, 0.3) is 0 Å². The Balaban J connectivity index is 1.73.